The molecule has 1 aliphatic heterocycles. The first-order chi connectivity index (χ1) is 13.0. The summed E-state index contributed by atoms with van der Waals surface area (Å²) in [5, 5.41) is 14.2. The first-order valence-corrected chi connectivity index (χ1v) is 10.5. The average Bonchev–Trinajstić information content (AvgIpc) is 3.05. The summed E-state index contributed by atoms with van der Waals surface area (Å²) in [6.07, 6.45) is 8.35. The van der Waals surface area contributed by atoms with E-state index in [0.717, 1.165) is 41.5 Å². The van der Waals surface area contributed by atoms with Crippen molar-refractivity contribution in [3.05, 3.63) is 27.2 Å². The number of hydrogen-bond donors (Lipinski definition) is 0. The second kappa shape index (κ2) is 6.09. The van der Waals surface area contributed by atoms with Gasteiger partial charge in [0.25, 0.3) is 0 Å². The van der Waals surface area contributed by atoms with E-state index in [1.165, 1.54) is 12.8 Å². The van der Waals surface area contributed by atoms with Crippen molar-refractivity contribution in [1.82, 2.24) is 9.78 Å². The first-order valence-electron chi connectivity index (χ1n) is 9.43. The lowest BCUT2D eigenvalue weighted by Gasteiger charge is -2.41. The predicted molar refractivity (Wildman–Crippen MR) is 108 cm³/mol. The smallest absolute Gasteiger partial charge is 0.162 e. The van der Waals surface area contributed by atoms with E-state index in [9.17, 15) is 5.26 Å². The van der Waals surface area contributed by atoms with Gasteiger partial charge in [-0.2, -0.15) is 10.4 Å². The predicted octanol–water partition coefficient (Wildman–Crippen LogP) is 4.38. The monoisotopic (exact) mass is 478 g/mol. The second-order valence-corrected chi connectivity index (χ2v) is 9.05. The minimum absolute atomic E-state index is 0.199. The summed E-state index contributed by atoms with van der Waals surface area (Å²) in [6, 6.07) is 4.23. The number of aromatic nitrogens is 2. The number of nitriles is 1. The van der Waals surface area contributed by atoms with E-state index >= 15 is 4.39 Å². The molecule has 2 saturated carbocycles. The van der Waals surface area contributed by atoms with E-state index in [1.54, 1.807) is 24.0 Å². The molecule has 0 radical (unpaired) electrons. The van der Waals surface area contributed by atoms with Crippen molar-refractivity contribution in [2.45, 2.75) is 50.2 Å². The summed E-state index contributed by atoms with van der Waals surface area (Å²) in [6.45, 7) is 0.803. The van der Waals surface area contributed by atoms with Crippen LogP contribution in [0, 0.1) is 20.7 Å². The van der Waals surface area contributed by atoms with Gasteiger partial charge >= 0.3 is 0 Å². The molecular formula is C20H20FIN4O. The summed E-state index contributed by atoms with van der Waals surface area (Å²) in [5.41, 5.74) is 1.76. The van der Waals surface area contributed by atoms with Crippen LogP contribution < -0.4 is 9.64 Å². The zero-order valence-corrected chi connectivity index (χ0v) is 17.3. The van der Waals surface area contributed by atoms with Crippen LogP contribution in [0.25, 0.3) is 11.3 Å². The maximum absolute atomic E-state index is 15.3. The Morgan fingerprint density at radius 2 is 2.11 bits per heavy atom. The highest BCUT2D eigenvalue weighted by Gasteiger charge is 2.52. The van der Waals surface area contributed by atoms with E-state index in [2.05, 4.69) is 38.7 Å². The molecule has 0 bridgehead atoms. The average molecular weight is 478 g/mol. The molecule has 0 N–H and O–H groups in total. The van der Waals surface area contributed by atoms with Crippen molar-refractivity contribution in [1.29, 1.82) is 5.26 Å². The van der Waals surface area contributed by atoms with Gasteiger partial charge in [-0.15, -0.1) is 0 Å². The van der Waals surface area contributed by atoms with Crippen LogP contribution in [0.2, 0.25) is 0 Å². The van der Waals surface area contributed by atoms with E-state index in [-0.39, 0.29) is 11.4 Å². The van der Waals surface area contributed by atoms with Crippen molar-refractivity contribution in [3.63, 3.8) is 0 Å². The van der Waals surface area contributed by atoms with E-state index in [0.29, 0.717) is 28.6 Å². The molecule has 7 heteroatoms. The number of aryl methyl sites for hydroxylation is 1. The third-order valence-corrected chi connectivity index (χ3v) is 6.90. The van der Waals surface area contributed by atoms with Crippen molar-refractivity contribution in [3.8, 4) is 23.1 Å². The quantitative estimate of drug-likeness (QED) is 0.602. The van der Waals surface area contributed by atoms with Crippen LogP contribution in [-0.2, 0) is 7.05 Å². The number of fused-ring (bicyclic) bond motifs is 1. The molecule has 2 heterocycles. The molecule has 5 nitrogen and oxygen atoms in total. The first kappa shape index (κ1) is 17.3. The van der Waals surface area contributed by atoms with Crippen LogP contribution in [0.1, 0.15) is 44.1 Å². The van der Waals surface area contributed by atoms with Gasteiger partial charge in [-0.3, -0.25) is 4.68 Å². The fourth-order valence-corrected chi connectivity index (χ4v) is 5.29. The van der Waals surface area contributed by atoms with Crippen molar-refractivity contribution < 1.29 is 9.13 Å². The summed E-state index contributed by atoms with van der Waals surface area (Å²) < 4.78 is 24.1. The molecule has 2 aliphatic carbocycles. The summed E-state index contributed by atoms with van der Waals surface area (Å²) in [5.74, 6) is 0.173. The minimum Gasteiger partial charge on any atom is -0.482 e. The lowest BCUT2D eigenvalue weighted by molar-refractivity contribution is 0.166. The normalized spacial score (nSPS) is 20.4. The molecular weight excluding hydrogens is 458 g/mol. The molecule has 0 atom stereocenters. The molecule has 140 valence electrons. The third-order valence-electron chi connectivity index (χ3n) is 6.11. The highest BCUT2D eigenvalue weighted by atomic mass is 127. The SMILES string of the molecule is Cn1ncc(I)c1-c1c(F)cc2c(c1C#N)OC1(CC1)CN2C1CCCC1. The molecule has 5 rings (SSSR count). The van der Waals surface area contributed by atoms with Gasteiger partial charge in [-0.25, -0.2) is 4.39 Å². The summed E-state index contributed by atoms with van der Waals surface area (Å²) >= 11 is 2.13. The topological polar surface area (TPSA) is 54.1 Å². The second-order valence-electron chi connectivity index (χ2n) is 7.88. The van der Waals surface area contributed by atoms with Gasteiger partial charge in [0.15, 0.2) is 5.75 Å². The fourth-order valence-electron chi connectivity index (χ4n) is 4.55. The lowest BCUT2D eigenvalue weighted by Crippen LogP contribution is -2.46. The largest absolute Gasteiger partial charge is 0.482 e. The fraction of sp³-hybridized carbons (Fsp3) is 0.500. The molecule has 2 aromatic rings. The Balaban J connectivity index is 1.73. The van der Waals surface area contributed by atoms with Crippen molar-refractivity contribution in [2.24, 2.45) is 7.05 Å². The minimum atomic E-state index is -0.384. The van der Waals surface area contributed by atoms with Gasteiger partial charge in [0.05, 0.1) is 33.3 Å². The molecule has 1 spiro atoms. The van der Waals surface area contributed by atoms with Gasteiger partial charge in [-0.05, 0) is 48.3 Å². The van der Waals surface area contributed by atoms with Gasteiger partial charge in [-0.1, -0.05) is 12.8 Å². The van der Waals surface area contributed by atoms with Gasteiger partial charge in [0.2, 0.25) is 0 Å². The molecule has 27 heavy (non-hydrogen) atoms. The molecule has 0 unspecified atom stereocenters. The van der Waals surface area contributed by atoms with Gasteiger partial charge < -0.3 is 9.64 Å². The van der Waals surface area contributed by atoms with Crippen LogP contribution in [-0.4, -0.2) is 28.0 Å². The molecule has 1 aromatic carbocycles. The van der Waals surface area contributed by atoms with E-state index in [4.69, 9.17) is 4.74 Å². The van der Waals surface area contributed by atoms with Crippen LogP contribution >= 0.6 is 22.6 Å². The molecule has 0 saturated heterocycles. The number of anilines is 1. The maximum Gasteiger partial charge on any atom is 0.162 e. The van der Waals surface area contributed by atoms with Gasteiger partial charge in [0.1, 0.15) is 23.1 Å². The Kier molecular flexibility index (Phi) is 3.90. The number of rotatable bonds is 2. The highest BCUT2D eigenvalue weighted by Crippen LogP contribution is 2.53. The highest BCUT2D eigenvalue weighted by molar-refractivity contribution is 14.1. The third kappa shape index (κ3) is 2.64. The van der Waals surface area contributed by atoms with Crippen LogP contribution in [0.3, 0.4) is 0 Å². The Morgan fingerprint density at radius 3 is 2.70 bits per heavy atom. The number of benzene rings is 1. The standard InChI is InChI=1S/C20H20FIN4O/c1-25-18(15(22)10-24-25)17-13(9-23)19-16(8-14(17)21)26(12-4-2-3-5-12)11-20(27-19)6-7-20/h8,10,12H,2-7,11H2,1H3. The lowest BCUT2D eigenvalue weighted by atomic mass is 9.98. The van der Waals surface area contributed by atoms with Crippen LogP contribution in [0.5, 0.6) is 5.75 Å². The van der Waals surface area contributed by atoms with E-state index in [1.807, 2.05) is 0 Å². The van der Waals surface area contributed by atoms with Crippen molar-refractivity contribution >= 4 is 28.3 Å². The number of ether oxygens (including phenoxy) is 1. The Hall–Kier alpha value is -1.82. The van der Waals surface area contributed by atoms with Crippen LogP contribution in [0.4, 0.5) is 10.1 Å². The Labute approximate surface area is 171 Å². The van der Waals surface area contributed by atoms with Crippen molar-refractivity contribution in [2.75, 3.05) is 11.4 Å². The summed E-state index contributed by atoms with van der Waals surface area (Å²) in [7, 11) is 1.77. The molecule has 3 aliphatic rings. The Bertz CT molecular complexity index is 950. The van der Waals surface area contributed by atoms with E-state index < -0.39 is 0 Å². The zero-order valence-electron chi connectivity index (χ0n) is 15.1. The maximum atomic E-state index is 15.3. The molecule has 1 aromatic heterocycles. The zero-order chi connectivity index (χ0) is 18.8. The molecule has 2 fully saturated rings. The molecule has 0 amide bonds. The number of nitrogens with zero attached hydrogens (tertiary/aromatic N) is 4. The Morgan fingerprint density at radius 1 is 1.37 bits per heavy atom. The summed E-state index contributed by atoms with van der Waals surface area (Å²) in [4.78, 5) is 2.32. The van der Waals surface area contributed by atoms with Gasteiger partial charge in [0, 0.05) is 19.2 Å². The number of halogens is 2. The van der Waals surface area contributed by atoms with Crippen LogP contribution in [0.15, 0.2) is 12.3 Å². The number of hydrogen-bond acceptors (Lipinski definition) is 4.